The van der Waals surface area contributed by atoms with Gasteiger partial charge in [0.15, 0.2) is 0 Å². The van der Waals surface area contributed by atoms with Gasteiger partial charge in [-0.05, 0) is 38.4 Å². The maximum atomic E-state index is 11.0. The van der Waals surface area contributed by atoms with Gasteiger partial charge in [-0.1, -0.05) is 6.92 Å². The van der Waals surface area contributed by atoms with Crippen molar-refractivity contribution in [2.24, 2.45) is 5.92 Å². The average Bonchev–Trinajstić information content (AvgIpc) is 2.19. The zero-order valence-corrected chi connectivity index (χ0v) is 8.58. The van der Waals surface area contributed by atoms with Gasteiger partial charge < -0.3 is 9.64 Å². The summed E-state index contributed by atoms with van der Waals surface area (Å²) in [6.45, 7) is 5.59. The molecule has 0 bridgehead atoms. The van der Waals surface area contributed by atoms with Crippen LogP contribution in [0.1, 0.15) is 26.2 Å². The van der Waals surface area contributed by atoms with Gasteiger partial charge in [0.2, 0.25) is 0 Å². The lowest BCUT2D eigenvalue weighted by Gasteiger charge is -2.30. The standard InChI is InChI=1S/C10H19NO2/c1-3-11-6-4-9(5-7-11)8-10(12)13-2/h9H,3-8H2,1-2H3. The summed E-state index contributed by atoms with van der Waals surface area (Å²) in [7, 11) is 1.46. The molecule has 0 aromatic rings. The molecule has 1 rings (SSSR count). The number of hydrogen-bond donors (Lipinski definition) is 0. The highest BCUT2D eigenvalue weighted by molar-refractivity contribution is 5.69. The quantitative estimate of drug-likeness (QED) is 0.620. The second-order valence-corrected chi connectivity index (χ2v) is 3.66. The predicted molar refractivity (Wildman–Crippen MR) is 51.5 cm³/mol. The third-order valence-electron chi connectivity index (χ3n) is 2.84. The molecule has 0 aliphatic carbocycles. The Morgan fingerprint density at radius 2 is 2.08 bits per heavy atom. The third-order valence-corrected chi connectivity index (χ3v) is 2.84. The molecule has 1 fully saturated rings. The summed E-state index contributed by atoms with van der Waals surface area (Å²) in [5.41, 5.74) is 0. The summed E-state index contributed by atoms with van der Waals surface area (Å²) < 4.78 is 4.65. The van der Waals surface area contributed by atoms with E-state index in [-0.39, 0.29) is 5.97 Å². The normalized spacial score (nSPS) is 20.2. The minimum absolute atomic E-state index is 0.0602. The fourth-order valence-electron chi connectivity index (χ4n) is 1.83. The second kappa shape index (κ2) is 5.22. The molecule has 0 aromatic heterocycles. The van der Waals surface area contributed by atoms with Crippen LogP contribution in [0.25, 0.3) is 0 Å². The molecule has 0 unspecified atom stereocenters. The van der Waals surface area contributed by atoms with E-state index in [1.54, 1.807) is 0 Å². The minimum atomic E-state index is -0.0602. The Kier molecular flexibility index (Phi) is 4.22. The van der Waals surface area contributed by atoms with Crippen LogP contribution in [0.4, 0.5) is 0 Å². The van der Waals surface area contributed by atoms with Crippen LogP contribution >= 0.6 is 0 Å². The number of methoxy groups -OCH3 is 1. The molecule has 0 spiro atoms. The van der Waals surface area contributed by atoms with Crippen molar-refractivity contribution in [3.63, 3.8) is 0 Å². The van der Waals surface area contributed by atoms with E-state index in [2.05, 4.69) is 16.6 Å². The van der Waals surface area contributed by atoms with Crippen molar-refractivity contribution in [1.29, 1.82) is 0 Å². The number of carbonyl (C=O) groups excluding carboxylic acids is 1. The number of ether oxygens (including phenoxy) is 1. The largest absolute Gasteiger partial charge is 0.469 e. The molecule has 3 nitrogen and oxygen atoms in total. The first-order chi connectivity index (χ1) is 6.26. The Balaban J connectivity index is 2.21. The number of nitrogens with zero attached hydrogens (tertiary/aromatic N) is 1. The number of carbonyl (C=O) groups is 1. The molecule has 3 heteroatoms. The van der Waals surface area contributed by atoms with E-state index in [0.717, 1.165) is 32.5 Å². The monoisotopic (exact) mass is 185 g/mol. The summed E-state index contributed by atoms with van der Waals surface area (Å²) in [4.78, 5) is 13.4. The number of hydrogen-bond acceptors (Lipinski definition) is 3. The Morgan fingerprint density at radius 3 is 2.54 bits per heavy atom. The molecule has 76 valence electrons. The van der Waals surface area contributed by atoms with Crippen LogP contribution in [0.5, 0.6) is 0 Å². The van der Waals surface area contributed by atoms with E-state index in [4.69, 9.17) is 0 Å². The van der Waals surface area contributed by atoms with Crippen molar-refractivity contribution in [3.05, 3.63) is 0 Å². The summed E-state index contributed by atoms with van der Waals surface area (Å²) >= 11 is 0. The second-order valence-electron chi connectivity index (χ2n) is 3.66. The number of likely N-dealkylation sites (tertiary alicyclic amines) is 1. The first-order valence-corrected chi connectivity index (χ1v) is 5.05. The number of rotatable bonds is 3. The molecule has 0 saturated carbocycles. The lowest BCUT2D eigenvalue weighted by atomic mass is 9.94. The van der Waals surface area contributed by atoms with Crippen LogP contribution in [-0.4, -0.2) is 37.6 Å². The van der Waals surface area contributed by atoms with Gasteiger partial charge in [0.1, 0.15) is 0 Å². The molecular formula is C10H19NO2. The SMILES string of the molecule is CCN1CCC(CC(=O)OC)CC1. The Morgan fingerprint density at radius 1 is 1.46 bits per heavy atom. The number of esters is 1. The van der Waals surface area contributed by atoms with E-state index in [1.165, 1.54) is 7.11 Å². The van der Waals surface area contributed by atoms with Gasteiger partial charge in [-0.25, -0.2) is 0 Å². The topological polar surface area (TPSA) is 29.5 Å². The fraction of sp³-hybridized carbons (Fsp3) is 0.900. The Bertz CT molecular complexity index is 162. The molecule has 0 amide bonds. The van der Waals surface area contributed by atoms with Crippen molar-refractivity contribution in [3.8, 4) is 0 Å². The molecule has 1 aliphatic rings. The fourth-order valence-corrected chi connectivity index (χ4v) is 1.83. The van der Waals surface area contributed by atoms with Crippen LogP contribution in [0.3, 0.4) is 0 Å². The lowest BCUT2D eigenvalue weighted by Crippen LogP contribution is -2.34. The summed E-state index contributed by atoms with van der Waals surface area (Å²) in [5, 5.41) is 0. The molecule has 0 N–H and O–H groups in total. The summed E-state index contributed by atoms with van der Waals surface area (Å²) in [6, 6.07) is 0. The van der Waals surface area contributed by atoms with Gasteiger partial charge in [0.25, 0.3) is 0 Å². The van der Waals surface area contributed by atoms with Crippen molar-refractivity contribution in [1.82, 2.24) is 4.90 Å². The maximum absolute atomic E-state index is 11.0. The van der Waals surface area contributed by atoms with Crippen LogP contribution in [-0.2, 0) is 9.53 Å². The lowest BCUT2D eigenvalue weighted by molar-refractivity contribution is -0.142. The number of piperidine rings is 1. The van der Waals surface area contributed by atoms with Crippen molar-refractivity contribution in [2.75, 3.05) is 26.7 Å². The predicted octanol–water partition coefficient (Wildman–Crippen LogP) is 1.28. The van der Waals surface area contributed by atoms with Gasteiger partial charge in [0, 0.05) is 6.42 Å². The minimum Gasteiger partial charge on any atom is -0.469 e. The van der Waals surface area contributed by atoms with Crippen LogP contribution in [0, 0.1) is 5.92 Å². The van der Waals surface area contributed by atoms with Crippen LogP contribution in [0.2, 0.25) is 0 Å². The van der Waals surface area contributed by atoms with Gasteiger partial charge in [-0.3, -0.25) is 4.79 Å². The summed E-state index contributed by atoms with van der Waals surface area (Å²) in [6.07, 6.45) is 2.89. The molecule has 1 saturated heterocycles. The molecule has 1 aliphatic heterocycles. The maximum Gasteiger partial charge on any atom is 0.305 e. The first-order valence-electron chi connectivity index (χ1n) is 5.05. The van der Waals surface area contributed by atoms with Crippen molar-refractivity contribution < 1.29 is 9.53 Å². The Labute approximate surface area is 80.1 Å². The van der Waals surface area contributed by atoms with Gasteiger partial charge in [0.05, 0.1) is 7.11 Å². The molecule has 0 radical (unpaired) electrons. The first kappa shape index (κ1) is 10.5. The van der Waals surface area contributed by atoms with E-state index >= 15 is 0 Å². The highest BCUT2D eigenvalue weighted by Gasteiger charge is 2.20. The van der Waals surface area contributed by atoms with Crippen LogP contribution in [0.15, 0.2) is 0 Å². The van der Waals surface area contributed by atoms with Crippen LogP contribution < -0.4 is 0 Å². The van der Waals surface area contributed by atoms with Gasteiger partial charge >= 0.3 is 5.97 Å². The highest BCUT2D eigenvalue weighted by atomic mass is 16.5. The van der Waals surface area contributed by atoms with E-state index < -0.39 is 0 Å². The third kappa shape index (κ3) is 3.35. The average molecular weight is 185 g/mol. The van der Waals surface area contributed by atoms with Gasteiger partial charge in [-0.15, -0.1) is 0 Å². The van der Waals surface area contributed by atoms with E-state index in [9.17, 15) is 4.79 Å². The molecule has 13 heavy (non-hydrogen) atoms. The summed E-state index contributed by atoms with van der Waals surface area (Å²) in [5.74, 6) is 0.491. The smallest absolute Gasteiger partial charge is 0.305 e. The zero-order valence-electron chi connectivity index (χ0n) is 8.58. The molecule has 1 heterocycles. The van der Waals surface area contributed by atoms with Crippen molar-refractivity contribution >= 4 is 5.97 Å². The molecular weight excluding hydrogens is 166 g/mol. The highest BCUT2D eigenvalue weighted by Crippen LogP contribution is 2.20. The Hall–Kier alpha value is -0.570. The van der Waals surface area contributed by atoms with E-state index in [1.807, 2.05) is 0 Å². The molecule has 0 atom stereocenters. The van der Waals surface area contributed by atoms with Gasteiger partial charge in [-0.2, -0.15) is 0 Å². The van der Waals surface area contributed by atoms with Crippen molar-refractivity contribution in [2.45, 2.75) is 26.2 Å². The zero-order chi connectivity index (χ0) is 9.68. The van der Waals surface area contributed by atoms with E-state index in [0.29, 0.717) is 12.3 Å². The molecule has 0 aromatic carbocycles.